The first-order chi connectivity index (χ1) is 9.70. The van der Waals surface area contributed by atoms with E-state index in [2.05, 4.69) is 48.5 Å². The van der Waals surface area contributed by atoms with Crippen molar-refractivity contribution >= 4 is 0 Å². The molecule has 0 bridgehead atoms. The highest BCUT2D eigenvalue weighted by Gasteiger charge is 2.30. The molecule has 3 heteroatoms. The number of hydrogen-bond donors (Lipinski definition) is 1. The quantitative estimate of drug-likeness (QED) is 0.910. The number of hydrogen-bond acceptors (Lipinski definition) is 3. The van der Waals surface area contributed by atoms with Crippen LogP contribution in [-0.4, -0.2) is 50.3 Å². The highest BCUT2D eigenvalue weighted by atomic mass is 16.5. The highest BCUT2D eigenvalue weighted by molar-refractivity contribution is 5.26. The minimum atomic E-state index is 0.368. The van der Waals surface area contributed by atoms with Gasteiger partial charge in [-0.2, -0.15) is 0 Å². The number of likely N-dealkylation sites (N-methyl/N-ethyl adjacent to an activating group) is 1. The first-order valence-electron chi connectivity index (χ1n) is 7.81. The SMILES string of the molecule is Cc1ccc(C2CC(NCC3CN(C)CCO3)C2)cc1. The summed E-state index contributed by atoms with van der Waals surface area (Å²) >= 11 is 0. The fraction of sp³-hybridized carbons (Fsp3) is 0.647. The normalized spacial score (nSPS) is 31.0. The number of benzene rings is 1. The van der Waals surface area contributed by atoms with E-state index in [0.29, 0.717) is 12.1 Å². The summed E-state index contributed by atoms with van der Waals surface area (Å²) in [7, 11) is 2.17. The fourth-order valence-electron chi connectivity index (χ4n) is 3.18. The molecule has 0 radical (unpaired) electrons. The van der Waals surface area contributed by atoms with E-state index in [0.717, 1.165) is 32.2 Å². The zero-order valence-electron chi connectivity index (χ0n) is 12.6. The summed E-state index contributed by atoms with van der Waals surface area (Å²) in [4.78, 5) is 2.35. The number of nitrogens with one attached hydrogen (secondary N) is 1. The summed E-state index contributed by atoms with van der Waals surface area (Å²) in [6.45, 7) is 6.14. The molecule has 1 aromatic rings. The highest BCUT2D eigenvalue weighted by Crippen LogP contribution is 2.36. The van der Waals surface area contributed by atoms with Crippen molar-refractivity contribution < 1.29 is 4.74 Å². The van der Waals surface area contributed by atoms with Gasteiger partial charge in [0.2, 0.25) is 0 Å². The molecule has 1 aromatic carbocycles. The first kappa shape index (κ1) is 14.1. The van der Waals surface area contributed by atoms with E-state index in [1.807, 2.05) is 0 Å². The van der Waals surface area contributed by atoms with E-state index in [-0.39, 0.29) is 0 Å². The zero-order valence-corrected chi connectivity index (χ0v) is 12.6. The lowest BCUT2D eigenvalue weighted by Crippen LogP contribution is -2.49. The van der Waals surface area contributed by atoms with Gasteiger partial charge in [0.1, 0.15) is 0 Å². The molecule has 1 atom stereocenters. The molecule has 1 N–H and O–H groups in total. The van der Waals surface area contributed by atoms with Crippen LogP contribution < -0.4 is 5.32 Å². The summed E-state index contributed by atoms with van der Waals surface area (Å²) in [6, 6.07) is 9.70. The minimum absolute atomic E-state index is 0.368. The predicted octanol–water partition coefficient (Wildman–Crippen LogP) is 2.16. The number of ether oxygens (including phenoxy) is 1. The van der Waals surface area contributed by atoms with Crippen molar-refractivity contribution in [3.63, 3.8) is 0 Å². The molecule has 0 amide bonds. The third-order valence-corrected chi connectivity index (χ3v) is 4.66. The molecule has 1 unspecified atom stereocenters. The van der Waals surface area contributed by atoms with Gasteiger partial charge in [-0.25, -0.2) is 0 Å². The van der Waals surface area contributed by atoms with E-state index in [1.165, 1.54) is 24.0 Å². The summed E-state index contributed by atoms with van der Waals surface area (Å²) in [6.07, 6.45) is 2.91. The van der Waals surface area contributed by atoms with E-state index >= 15 is 0 Å². The van der Waals surface area contributed by atoms with E-state index in [1.54, 1.807) is 0 Å². The Morgan fingerprint density at radius 2 is 2.00 bits per heavy atom. The van der Waals surface area contributed by atoms with Crippen LogP contribution in [-0.2, 0) is 4.74 Å². The average molecular weight is 274 g/mol. The van der Waals surface area contributed by atoms with Gasteiger partial charge in [-0.05, 0) is 38.3 Å². The van der Waals surface area contributed by atoms with Crippen molar-refractivity contribution in [2.45, 2.75) is 37.8 Å². The molecule has 110 valence electrons. The van der Waals surface area contributed by atoms with E-state index < -0.39 is 0 Å². The molecule has 0 aromatic heterocycles. The molecule has 1 saturated heterocycles. The topological polar surface area (TPSA) is 24.5 Å². The van der Waals surface area contributed by atoms with Gasteiger partial charge in [0, 0.05) is 25.7 Å². The van der Waals surface area contributed by atoms with E-state index in [9.17, 15) is 0 Å². The summed E-state index contributed by atoms with van der Waals surface area (Å²) in [5.74, 6) is 0.753. The maximum atomic E-state index is 5.79. The summed E-state index contributed by atoms with van der Waals surface area (Å²) < 4.78 is 5.79. The molecule has 3 rings (SSSR count). The van der Waals surface area contributed by atoms with Gasteiger partial charge >= 0.3 is 0 Å². The average Bonchev–Trinajstić information content (AvgIpc) is 2.39. The molecule has 1 heterocycles. The van der Waals surface area contributed by atoms with E-state index in [4.69, 9.17) is 4.74 Å². The Bertz CT molecular complexity index is 425. The number of nitrogens with zero attached hydrogens (tertiary/aromatic N) is 1. The van der Waals surface area contributed by atoms with Crippen molar-refractivity contribution in [1.29, 1.82) is 0 Å². The number of morpholine rings is 1. The lowest BCUT2D eigenvalue weighted by molar-refractivity contribution is -0.0207. The lowest BCUT2D eigenvalue weighted by atomic mass is 9.75. The molecule has 2 fully saturated rings. The maximum absolute atomic E-state index is 5.79. The van der Waals surface area contributed by atoms with Gasteiger partial charge in [0.05, 0.1) is 12.7 Å². The fourth-order valence-corrected chi connectivity index (χ4v) is 3.18. The maximum Gasteiger partial charge on any atom is 0.0826 e. The van der Waals surface area contributed by atoms with Crippen LogP contribution >= 0.6 is 0 Å². The standard InChI is InChI=1S/C17H26N2O/c1-13-3-5-14(6-4-13)15-9-16(10-15)18-11-17-12-19(2)7-8-20-17/h3-6,15-18H,7-12H2,1-2H3. The van der Waals surface area contributed by atoms with Crippen LogP contribution in [0.3, 0.4) is 0 Å². The molecule has 1 aliphatic heterocycles. The molecule has 3 nitrogen and oxygen atoms in total. The minimum Gasteiger partial charge on any atom is -0.374 e. The Morgan fingerprint density at radius 1 is 1.25 bits per heavy atom. The Morgan fingerprint density at radius 3 is 2.70 bits per heavy atom. The molecular formula is C17H26N2O. The van der Waals surface area contributed by atoms with Crippen LogP contribution in [0.2, 0.25) is 0 Å². The van der Waals surface area contributed by atoms with Crippen molar-refractivity contribution in [2.24, 2.45) is 0 Å². The van der Waals surface area contributed by atoms with Crippen LogP contribution in [0.4, 0.5) is 0 Å². The Hall–Kier alpha value is -0.900. The third-order valence-electron chi connectivity index (χ3n) is 4.66. The molecule has 1 saturated carbocycles. The van der Waals surface area contributed by atoms with Gasteiger partial charge in [0.25, 0.3) is 0 Å². The summed E-state index contributed by atoms with van der Waals surface area (Å²) in [5.41, 5.74) is 2.85. The zero-order chi connectivity index (χ0) is 13.9. The van der Waals surface area contributed by atoms with Gasteiger partial charge < -0.3 is 15.0 Å². The summed E-state index contributed by atoms with van der Waals surface area (Å²) in [5, 5.41) is 3.67. The second kappa shape index (κ2) is 6.25. The monoisotopic (exact) mass is 274 g/mol. The Balaban J connectivity index is 1.39. The second-order valence-electron chi connectivity index (χ2n) is 6.44. The van der Waals surface area contributed by atoms with Crippen LogP contribution in [0.1, 0.15) is 29.9 Å². The predicted molar refractivity (Wildman–Crippen MR) is 82.2 cm³/mol. The van der Waals surface area contributed by atoms with Gasteiger partial charge in [-0.15, -0.1) is 0 Å². The smallest absolute Gasteiger partial charge is 0.0826 e. The van der Waals surface area contributed by atoms with Crippen LogP contribution in [0.25, 0.3) is 0 Å². The van der Waals surface area contributed by atoms with Gasteiger partial charge in [0.15, 0.2) is 0 Å². The van der Waals surface area contributed by atoms with Crippen molar-refractivity contribution in [3.05, 3.63) is 35.4 Å². The van der Waals surface area contributed by atoms with Crippen LogP contribution in [0.15, 0.2) is 24.3 Å². The molecule has 2 aliphatic rings. The molecule has 20 heavy (non-hydrogen) atoms. The number of rotatable bonds is 4. The van der Waals surface area contributed by atoms with Crippen LogP contribution in [0, 0.1) is 6.92 Å². The van der Waals surface area contributed by atoms with Gasteiger partial charge in [-0.1, -0.05) is 29.8 Å². The number of aryl methyl sites for hydroxylation is 1. The second-order valence-corrected chi connectivity index (χ2v) is 6.44. The Kier molecular flexibility index (Phi) is 4.39. The molecular weight excluding hydrogens is 248 g/mol. The lowest BCUT2D eigenvalue weighted by Gasteiger charge is -2.38. The van der Waals surface area contributed by atoms with Crippen LogP contribution in [0.5, 0.6) is 0 Å². The largest absolute Gasteiger partial charge is 0.374 e. The first-order valence-corrected chi connectivity index (χ1v) is 7.81. The molecule has 0 spiro atoms. The Labute approximate surface area is 122 Å². The van der Waals surface area contributed by atoms with Crippen molar-refractivity contribution in [2.75, 3.05) is 33.3 Å². The third kappa shape index (κ3) is 3.40. The van der Waals surface area contributed by atoms with Crippen molar-refractivity contribution in [3.8, 4) is 0 Å². The van der Waals surface area contributed by atoms with Gasteiger partial charge in [-0.3, -0.25) is 0 Å². The molecule has 1 aliphatic carbocycles. The van der Waals surface area contributed by atoms with Crippen molar-refractivity contribution in [1.82, 2.24) is 10.2 Å².